The van der Waals surface area contributed by atoms with Gasteiger partial charge in [-0.2, -0.15) is 9.29 Å². The standard InChI is InChI=1S/C20H21FN2O4S2/c1-13-6-7-16(26-2)18(12-13)29(24,25)23-10-8-14(9-11-23)27-20-22-19-15(21)4-3-5-17(19)28-20/h3-7,12,14H,8-11H2,1-2H3. The zero-order valence-corrected chi connectivity index (χ0v) is 17.7. The minimum Gasteiger partial charge on any atom is -0.495 e. The fourth-order valence-electron chi connectivity index (χ4n) is 3.40. The second kappa shape index (κ2) is 7.89. The molecule has 0 bridgehead atoms. The van der Waals surface area contributed by atoms with E-state index in [1.165, 1.54) is 28.8 Å². The molecule has 0 aliphatic carbocycles. The predicted octanol–water partition coefficient (Wildman–Crippen LogP) is 3.98. The van der Waals surface area contributed by atoms with Gasteiger partial charge in [-0.05, 0) is 49.6 Å². The lowest BCUT2D eigenvalue weighted by molar-refractivity contribution is 0.135. The fraction of sp³-hybridized carbons (Fsp3) is 0.350. The van der Waals surface area contributed by atoms with E-state index in [-0.39, 0.29) is 16.8 Å². The van der Waals surface area contributed by atoms with E-state index < -0.39 is 10.0 Å². The van der Waals surface area contributed by atoms with Crippen LogP contribution in [-0.4, -0.2) is 44.0 Å². The summed E-state index contributed by atoms with van der Waals surface area (Å²) < 4.78 is 53.4. The lowest BCUT2D eigenvalue weighted by atomic mass is 10.1. The number of rotatable bonds is 5. The lowest BCUT2D eigenvalue weighted by Gasteiger charge is -2.31. The van der Waals surface area contributed by atoms with Crippen molar-refractivity contribution in [2.45, 2.75) is 30.8 Å². The average molecular weight is 437 g/mol. The Morgan fingerprint density at radius 2 is 1.97 bits per heavy atom. The number of hydrogen-bond acceptors (Lipinski definition) is 6. The monoisotopic (exact) mass is 436 g/mol. The van der Waals surface area contributed by atoms with E-state index in [2.05, 4.69) is 4.98 Å². The molecule has 3 aromatic rings. The van der Waals surface area contributed by atoms with Crippen molar-refractivity contribution >= 4 is 31.6 Å². The molecule has 0 N–H and O–H groups in total. The van der Waals surface area contributed by atoms with Gasteiger partial charge >= 0.3 is 0 Å². The maximum Gasteiger partial charge on any atom is 0.274 e. The van der Waals surface area contributed by atoms with Crippen molar-refractivity contribution in [2.75, 3.05) is 20.2 Å². The molecule has 2 heterocycles. The number of sulfonamides is 1. The number of hydrogen-bond donors (Lipinski definition) is 0. The van der Waals surface area contributed by atoms with E-state index >= 15 is 0 Å². The summed E-state index contributed by atoms with van der Waals surface area (Å²) in [6.45, 7) is 2.52. The topological polar surface area (TPSA) is 68.7 Å². The van der Waals surface area contributed by atoms with E-state index in [0.29, 0.717) is 42.4 Å². The summed E-state index contributed by atoms with van der Waals surface area (Å²) in [6.07, 6.45) is 0.904. The maximum absolute atomic E-state index is 13.8. The molecule has 154 valence electrons. The van der Waals surface area contributed by atoms with Crippen LogP contribution in [0.25, 0.3) is 10.2 Å². The van der Waals surface area contributed by atoms with Crippen LogP contribution in [0.5, 0.6) is 10.9 Å². The molecule has 0 unspecified atom stereocenters. The number of aryl methyl sites for hydroxylation is 1. The second-order valence-corrected chi connectivity index (χ2v) is 9.84. The van der Waals surface area contributed by atoms with Crippen LogP contribution < -0.4 is 9.47 Å². The fourth-order valence-corrected chi connectivity index (χ4v) is 6.01. The summed E-state index contributed by atoms with van der Waals surface area (Å²) in [5.41, 5.74) is 1.16. The summed E-state index contributed by atoms with van der Waals surface area (Å²) in [5, 5.41) is 0.409. The first-order chi connectivity index (χ1) is 13.9. The zero-order valence-electron chi connectivity index (χ0n) is 16.1. The largest absolute Gasteiger partial charge is 0.495 e. The normalized spacial score (nSPS) is 16.2. The highest BCUT2D eigenvalue weighted by molar-refractivity contribution is 7.89. The second-order valence-electron chi connectivity index (χ2n) is 6.94. The number of methoxy groups -OCH3 is 1. The van der Waals surface area contributed by atoms with E-state index in [4.69, 9.17) is 9.47 Å². The maximum atomic E-state index is 13.8. The van der Waals surface area contributed by atoms with Crippen LogP contribution in [0.2, 0.25) is 0 Å². The van der Waals surface area contributed by atoms with E-state index in [9.17, 15) is 12.8 Å². The first kappa shape index (κ1) is 20.1. The van der Waals surface area contributed by atoms with E-state index in [0.717, 1.165) is 10.3 Å². The number of piperidine rings is 1. The minimum atomic E-state index is -3.66. The Hall–Kier alpha value is -2.23. The van der Waals surface area contributed by atoms with Gasteiger partial charge < -0.3 is 9.47 Å². The molecular formula is C20H21FN2O4S2. The quantitative estimate of drug-likeness (QED) is 0.605. The summed E-state index contributed by atoms with van der Waals surface area (Å²) >= 11 is 1.29. The van der Waals surface area contributed by atoms with Crippen molar-refractivity contribution in [1.82, 2.24) is 9.29 Å². The Morgan fingerprint density at radius 1 is 1.21 bits per heavy atom. The number of fused-ring (bicyclic) bond motifs is 1. The van der Waals surface area contributed by atoms with Gasteiger partial charge in [0.1, 0.15) is 28.1 Å². The van der Waals surface area contributed by atoms with Gasteiger partial charge in [-0.15, -0.1) is 0 Å². The summed E-state index contributed by atoms with van der Waals surface area (Å²) in [7, 11) is -2.20. The van der Waals surface area contributed by atoms with Crippen molar-refractivity contribution in [3.63, 3.8) is 0 Å². The van der Waals surface area contributed by atoms with E-state index in [1.54, 1.807) is 24.3 Å². The molecule has 1 aliphatic heterocycles. The van der Waals surface area contributed by atoms with Gasteiger partial charge in [0, 0.05) is 13.1 Å². The Bertz CT molecular complexity index is 1140. The molecule has 1 saturated heterocycles. The van der Waals surface area contributed by atoms with Crippen LogP contribution in [0.1, 0.15) is 18.4 Å². The number of halogens is 1. The number of benzene rings is 2. The third-order valence-corrected chi connectivity index (χ3v) is 7.79. The van der Waals surface area contributed by atoms with Crippen molar-refractivity contribution in [3.8, 4) is 10.9 Å². The molecule has 4 rings (SSSR count). The van der Waals surface area contributed by atoms with Gasteiger partial charge in [0.05, 0.1) is 11.8 Å². The van der Waals surface area contributed by atoms with Crippen molar-refractivity contribution in [1.29, 1.82) is 0 Å². The lowest BCUT2D eigenvalue weighted by Crippen LogP contribution is -2.41. The first-order valence-corrected chi connectivity index (χ1v) is 11.5. The third-order valence-electron chi connectivity index (χ3n) is 4.96. The third kappa shape index (κ3) is 3.94. The van der Waals surface area contributed by atoms with Crippen LogP contribution in [0.4, 0.5) is 4.39 Å². The molecule has 6 nitrogen and oxygen atoms in total. The van der Waals surface area contributed by atoms with Crippen molar-refractivity contribution < 1.29 is 22.3 Å². The number of nitrogens with zero attached hydrogens (tertiary/aromatic N) is 2. The highest BCUT2D eigenvalue weighted by Gasteiger charge is 2.32. The van der Waals surface area contributed by atoms with Crippen LogP contribution in [0, 0.1) is 12.7 Å². The van der Waals surface area contributed by atoms with Crippen LogP contribution in [-0.2, 0) is 10.0 Å². The number of aromatic nitrogens is 1. The molecule has 1 fully saturated rings. The zero-order chi connectivity index (χ0) is 20.6. The van der Waals surface area contributed by atoms with Crippen LogP contribution in [0.15, 0.2) is 41.3 Å². The molecule has 2 aromatic carbocycles. The van der Waals surface area contributed by atoms with Gasteiger partial charge in [0.25, 0.3) is 5.19 Å². The summed E-state index contributed by atoms with van der Waals surface area (Å²) in [6, 6.07) is 9.93. The molecular weight excluding hydrogens is 415 g/mol. The molecule has 29 heavy (non-hydrogen) atoms. The predicted molar refractivity (Wildman–Crippen MR) is 110 cm³/mol. The van der Waals surface area contributed by atoms with Gasteiger partial charge in [0.2, 0.25) is 10.0 Å². The average Bonchev–Trinajstić information content (AvgIpc) is 3.12. The molecule has 1 aliphatic rings. The Labute approximate surface area is 172 Å². The molecule has 0 spiro atoms. The number of para-hydroxylation sites is 1. The summed E-state index contributed by atoms with van der Waals surface area (Å²) in [4.78, 5) is 4.41. The molecule has 0 atom stereocenters. The van der Waals surface area contributed by atoms with Crippen molar-refractivity contribution in [2.24, 2.45) is 0 Å². The minimum absolute atomic E-state index is 0.163. The highest BCUT2D eigenvalue weighted by Crippen LogP contribution is 2.33. The summed E-state index contributed by atoms with van der Waals surface area (Å²) in [5.74, 6) is -0.0351. The Morgan fingerprint density at radius 3 is 2.66 bits per heavy atom. The molecule has 9 heteroatoms. The van der Waals surface area contributed by atoms with Gasteiger partial charge in [-0.1, -0.05) is 23.5 Å². The molecule has 1 aromatic heterocycles. The molecule has 0 saturated carbocycles. The molecule has 0 amide bonds. The van der Waals surface area contributed by atoms with Crippen LogP contribution in [0.3, 0.4) is 0 Å². The smallest absolute Gasteiger partial charge is 0.274 e. The highest BCUT2D eigenvalue weighted by atomic mass is 32.2. The Balaban J connectivity index is 1.46. The van der Waals surface area contributed by atoms with Gasteiger partial charge in [0.15, 0.2) is 0 Å². The van der Waals surface area contributed by atoms with Gasteiger partial charge in [-0.3, -0.25) is 0 Å². The number of thiazole rings is 1. The SMILES string of the molecule is COc1ccc(C)cc1S(=O)(=O)N1CCC(Oc2nc3c(F)cccc3s2)CC1. The number of ether oxygens (including phenoxy) is 2. The van der Waals surface area contributed by atoms with E-state index in [1.807, 2.05) is 13.0 Å². The molecule has 0 radical (unpaired) electrons. The van der Waals surface area contributed by atoms with Crippen LogP contribution >= 0.6 is 11.3 Å². The Kier molecular flexibility index (Phi) is 5.46. The first-order valence-electron chi connectivity index (χ1n) is 9.25. The van der Waals surface area contributed by atoms with Crippen molar-refractivity contribution in [3.05, 3.63) is 47.8 Å². The van der Waals surface area contributed by atoms with Gasteiger partial charge in [-0.25, -0.2) is 12.8 Å².